The first-order chi connectivity index (χ1) is 8.90. The number of likely N-dealkylation sites (N-methyl/N-ethyl adjacent to an activating group) is 1. The van der Waals surface area contributed by atoms with Gasteiger partial charge in [0.15, 0.2) is 0 Å². The number of rotatable bonds is 6. The van der Waals surface area contributed by atoms with Crippen molar-refractivity contribution in [2.45, 2.75) is 26.9 Å². The van der Waals surface area contributed by atoms with Gasteiger partial charge in [0.1, 0.15) is 0 Å². The fourth-order valence-electron chi connectivity index (χ4n) is 2.02. The Kier molecular flexibility index (Phi) is 5.66. The lowest BCUT2D eigenvalue weighted by Gasteiger charge is -2.20. The van der Waals surface area contributed by atoms with Crippen LogP contribution >= 0.6 is 0 Å². The number of anilines is 1. The van der Waals surface area contributed by atoms with Gasteiger partial charge in [-0.05, 0) is 37.7 Å². The summed E-state index contributed by atoms with van der Waals surface area (Å²) in [7, 11) is 0. The maximum absolute atomic E-state index is 12.8. The van der Waals surface area contributed by atoms with Gasteiger partial charge in [-0.2, -0.15) is 13.2 Å². The number of alkyl halides is 3. The third-order valence-electron chi connectivity index (χ3n) is 3.28. The summed E-state index contributed by atoms with van der Waals surface area (Å²) >= 11 is 0. The Morgan fingerprint density at radius 3 is 2.32 bits per heavy atom. The zero-order valence-electron chi connectivity index (χ0n) is 11.6. The highest BCUT2D eigenvalue weighted by atomic mass is 19.4. The van der Waals surface area contributed by atoms with E-state index in [-0.39, 0.29) is 5.56 Å². The van der Waals surface area contributed by atoms with E-state index in [0.29, 0.717) is 12.2 Å². The highest BCUT2D eigenvalue weighted by Gasteiger charge is 2.32. The summed E-state index contributed by atoms with van der Waals surface area (Å²) in [6, 6.07) is 4.24. The van der Waals surface area contributed by atoms with Crippen LogP contribution in [-0.4, -0.2) is 31.1 Å². The summed E-state index contributed by atoms with van der Waals surface area (Å²) in [5, 5.41) is 3.08. The van der Waals surface area contributed by atoms with Gasteiger partial charge in [0.05, 0.1) is 5.56 Å². The molecular weight excluding hydrogens is 253 g/mol. The van der Waals surface area contributed by atoms with Crippen LogP contribution in [-0.2, 0) is 6.18 Å². The van der Waals surface area contributed by atoms with Crippen molar-refractivity contribution in [1.29, 1.82) is 0 Å². The average molecular weight is 274 g/mol. The molecule has 0 amide bonds. The van der Waals surface area contributed by atoms with Crippen LogP contribution in [0.5, 0.6) is 0 Å². The maximum atomic E-state index is 12.8. The molecule has 1 aromatic carbocycles. The lowest BCUT2D eigenvalue weighted by atomic mass is 10.1. The Bertz CT molecular complexity index is 398. The van der Waals surface area contributed by atoms with Gasteiger partial charge in [-0.15, -0.1) is 0 Å². The highest BCUT2D eigenvalue weighted by Crippen LogP contribution is 2.34. The second-order valence-electron chi connectivity index (χ2n) is 4.43. The minimum atomic E-state index is -4.29. The molecule has 0 aliphatic rings. The smallest absolute Gasteiger partial charge is 0.384 e. The molecule has 0 aromatic heterocycles. The zero-order chi connectivity index (χ0) is 14.5. The first-order valence-corrected chi connectivity index (χ1v) is 6.53. The van der Waals surface area contributed by atoms with Crippen LogP contribution in [0.2, 0.25) is 0 Å². The van der Waals surface area contributed by atoms with Crippen molar-refractivity contribution in [2.24, 2.45) is 0 Å². The minimum Gasteiger partial charge on any atom is -0.384 e. The van der Waals surface area contributed by atoms with E-state index in [0.717, 1.165) is 25.7 Å². The molecule has 1 N–H and O–H groups in total. The van der Waals surface area contributed by atoms with Gasteiger partial charge < -0.3 is 10.2 Å². The van der Waals surface area contributed by atoms with Crippen LogP contribution in [0.25, 0.3) is 0 Å². The molecule has 19 heavy (non-hydrogen) atoms. The monoisotopic (exact) mass is 274 g/mol. The number of benzene rings is 1. The van der Waals surface area contributed by atoms with E-state index in [1.807, 2.05) is 0 Å². The Labute approximate surface area is 112 Å². The van der Waals surface area contributed by atoms with Gasteiger partial charge in [0.2, 0.25) is 0 Å². The van der Waals surface area contributed by atoms with E-state index in [4.69, 9.17) is 0 Å². The normalized spacial score (nSPS) is 11.9. The summed E-state index contributed by atoms with van der Waals surface area (Å²) in [6.45, 7) is 8.99. The van der Waals surface area contributed by atoms with Crippen LogP contribution in [0.15, 0.2) is 18.2 Å². The first-order valence-electron chi connectivity index (χ1n) is 6.53. The molecule has 0 aliphatic carbocycles. The molecule has 0 spiro atoms. The second-order valence-corrected chi connectivity index (χ2v) is 4.43. The molecule has 0 saturated heterocycles. The topological polar surface area (TPSA) is 15.3 Å². The third kappa shape index (κ3) is 4.42. The summed E-state index contributed by atoms with van der Waals surface area (Å²) < 4.78 is 38.3. The van der Waals surface area contributed by atoms with Crippen LogP contribution in [0.3, 0.4) is 0 Å². The van der Waals surface area contributed by atoms with Crippen molar-refractivity contribution in [1.82, 2.24) is 4.90 Å². The summed E-state index contributed by atoms with van der Waals surface area (Å²) in [6.07, 6.45) is -4.29. The number of nitrogens with zero attached hydrogens (tertiary/aromatic N) is 1. The van der Waals surface area contributed by atoms with Crippen LogP contribution in [0.1, 0.15) is 25.0 Å². The number of halogens is 3. The fourth-order valence-corrected chi connectivity index (χ4v) is 2.02. The van der Waals surface area contributed by atoms with E-state index in [9.17, 15) is 13.2 Å². The van der Waals surface area contributed by atoms with Gasteiger partial charge in [-0.3, -0.25) is 0 Å². The Hall–Kier alpha value is -1.23. The summed E-state index contributed by atoms with van der Waals surface area (Å²) in [4.78, 5) is 2.22. The van der Waals surface area contributed by atoms with E-state index in [2.05, 4.69) is 24.1 Å². The van der Waals surface area contributed by atoms with Gasteiger partial charge in [0, 0.05) is 18.8 Å². The highest BCUT2D eigenvalue weighted by molar-refractivity contribution is 5.54. The average Bonchev–Trinajstić information content (AvgIpc) is 2.35. The predicted molar refractivity (Wildman–Crippen MR) is 72.5 cm³/mol. The summed E-state index contributed by atoms with van der Waals surface area (Å²) in [5.74, 6) is 0. The molecule has 2 nitrogen and oxygen atoms in total. The van der Waals surface area contributed by atoms with Crippen molar-refractivity contribution in [3.05, 3.63) is 29.3 Å². The van der Waals surface area contributed by atoms with Crippen LogP contribution < -0.4 is 5.32 Å². The van der Waals surface area contributed by atoms with Gasteiger partial charge in [-0.1, -0.05) is 19.9 Å². The summed E-state index contributed by atoms with van der Waals surface area (Å²) in [5.41, 5.74) is 0.247. The molecule has 0 saturated carbocycles. The van der Waals surface area contributed by atoms with Gasteiger partial charge in [-0.25, -0.2) is 0 Å². The van der Waals surface area contributed by atoms with E-state index in [1.165, 1.54) is 13.0 Å². The quantitative estimate of drug-likeness (QED) is 0.849. The molecule has 0 aliphatic heterocycles. The Morgan fingerprint density at radius 2 is 1.79 bits per heavy atom. The van der Waals surface area contributed by atoms with Crippen LogP contribution in [0, 0.1) is 6.92 Å². The molecule has 0 heterocycles. The number of nitrogens with one attached hydrogen (secondary N) is 1. The standard InChI is InChI=1S/C14H21F3N2/c1-4-19(5-2)10-9-18-13-8-6-7-12(11(13)3)14(15,16)17/h6-8,18H,4-5,9-10H2,1-3H3. The van der Waals surface area contributed by atoms with E-state index in [1.54, 1.807) is 6.07 Å². The molecule has 1 rings (SSSR count). The molecular formula is C14H21F3N2. The van der Waals surface area contributed by atoms with Crippen LogP contribution in [0.4, 0.5) is 18.9 Å². The number of hydrogen-bond donors (Lipinski definition) is 1. The van der Waals surface area contributed by atoms with E-state index >= 15 is 0 Å². The maximum Gasteiger partial charge on any atom is 0.416 e. The molecule has 0 unspecified atom stereocenters. The number of hydrogen-bond acceptors (Lipinski definition) is 2. The molecule has 0 fully saturated rings. The van der Waals surface area contributed by atoms with Crippen molar-refractivity contribution >= 4 is 5.69 Å². The molecule has 1 aromatic rings. The van der Waals surface area contributed by atoms with Gasteiger partial charge in [0.25, 0.3) is 0 Å². The fraction of sp³-hybridized carbons (Fsp3) is 0.571. The van der Waals surface area contributed by atoms with E-state index < -0.39 is 11.7 Å². The van der Waals surface area contributed by atoms with Crippen molar-refractivity contribution < 1.29 is 13.2 Å². The lowest BCUT2D eigenvalue weighted by Crippen LogP contribution is -2.28. The first kappa shape index (κ1) is 15.8. The molecule has 0 atom stereocenters. The Balaban J connectivity index is 2.70. The molecule has 5 heteroatoms. The van der Waals surface area contributed by atoms with Crippen molar-refractivity contribution in [3.8, 4) is 0 Å². The molecule has 0 radical (unpaired) electrons. The minimum absolute atomic E-state index is 0.259. The largest absolute Gasteiger partial charge is 0.416 e. The molecule has 108 valence electrons. The lowest BCUT2D eigenvalue weighted by molar-refractivity contribution is -0.138. The molecule has 0 bridgehead atoms. The SMILES string of the molecule is CCN(CC)CCNc1cccc(C(F)(F)F)c1C. The third-order valence-corrected chi connectivity index (χ3v) is 3.28. The zero-order valence-corrected chi connectivity index (χ0v) is 11.6. The van der Waals surface area contributed by atoms with Crippen molar-refractivity contribution in [2.75, 3.05) is 31.5 Å². The Morgan fingerprint density at radius 1 is 1.16 bits per heavy atom. The predicted octanol–water partition coefficient (Wildman–Crippen LogP) is 3.77. The second kappa shape index (κ2) is 6.80. The van der Waals surface area contributed by atoms with Gasteiger partial charge >= 0.3 is 6.18 Å². The van der Waals surface area contributed by atoms with Crippen molar-refractivity contribution in [3.63, 3.8) is 0 Å².